The van der Waals surface area contributed by atoms with Crippen molar-refractivity contribution in [2.75, 3.05) is 12.8 Å². The fourth-order valence-corrected chi connectivity index (χ4v) is 6.99. The molecule has 0 saturated heterocycles. The molecule has 2 unspecified atom stereocenters. The molecule has 186 valence electrons. The number of halogens is 1. The van der Waals surface area contributed by atoms with Gasteiger partial charge in [0, 0.05) is 40.3 Å². The molecular weight excluding hydrogens is 510 g/mol. The van der Waals surface area contributed by atoms with Crippen molar-refractivity contribution in [2.45, 2.75) is 50.2 Å². The van der Waals surface area contributed by atoms with E-state index < -0.39 is 27.5 Å². The number of nitrogens with two attached hydrogens (primary N) is 1. The minimum Gasteiger partial charge on any atom is -0.352 e. The Labute approximate surface area is 212 Å². The second-order valence-electron chi connectivity index (χ2n) is 9.29. The molecule has 0 spiro atoms. The van der Waals surface area contributed by atoms with Crippen LogP contribution in [0.3, 0.4) is 0 Å². The number of thiazole rings is 1. The molecule has 1 aromatic carbocycles. The van der Waals surface area contributed by atoms with Crippen molar-refractivity contribution in [3.63, 3.8) is 0 Å². The van der Waals surface area contributed by atoms with Crippen molar-refractivity contribution >= 4 is 55.6 Å². The smallest absolute Gasteiger partial charge is 0.280 e. The van der Waals surface area contributed by atoms with Crippen molar-refractivity contribution in [3.8, 4) is 0 Å². The maximum atomic E-state index is 13.6. The van der Waals surface area contributed by atoms with Gasteiger partial charge in [0.05, 0.1) is 23.7 Å². The van der Waals surface area contributed by atoms with Gasteiger partial charge in [-0.2, -0.15) is 4.31 Å². The first-order valence-electron chi connectivity index (χ1n) is 11.4. The lowest BCUT2D eigenvalue weighted by Crippen LogP contribution is -2.64. The van der Waals surface area contributed by atoms with Gasteiger partial charge in [0.1, 0.15) is 5.54 Å². The van der Waals surface area contributed by atoms with Crippen LogP contribution in [0.25, 0.3) is 10.9 Å². The maximum Gasteiger partial charge on any atom is 0.280 e. The van der Waals surface area contributed by atoms with E-state index in [0.717, 1.165) is 34.3 Å². The molecule has 1 amide bonds. The minimum atomic E-state index is -3.32. The van der Waals surface area contributed by atoms with Crippen LogP contribution in [0.1, 0.15) is 56.5 Å². The highest BCUT2D eigenvalue weighted by molar-refractivity contribution is 7.88. The third-order valence-corrected chi connectivity index (χ3v) is 9.44. The number of aromatic nitrogens is 2. The van der Waals surface area contributed by atoms with Crippen LogP contribution < -0.4 is 11.1 Å². The Kier molecular flexibility index (Phi) is 6.25. The monoisotopic (exact) mass is 535 g/mol. The zero-order chi connectivity index (χ0) is 25.0. The zero-order valence-corrected chi connectivity index (χ0v) is 21.5. The van der Waals surface area contributed by atoms with Crippen molar-refractivity contribution in [1.82, 2.24) is 19.6 Å². The average Bonchev–Trinajstić information content (AvgIpc) is 3.42. The Bertz CT molecular complexity index is 1430. The van der Waals surface area contributed by atoms with Gasteiger partial charge >= 0.3 is 0 Å². The predicted molar refractivity (Wildman–Crippen MR) is 135 cm³/mol. The summed E-state index contributed by atoms with van der Waals surface area (Å²) in [6.45, 7) is 0.557. The highest BCUT2D eigenvalue weighted by Gasteiger charge is 2.45. The van der Waals surface area contributed by atoms with Gasteiger partial charge in [-0.1, -0.05) is 24.4 Å². The molecule has 35 heavy (non-hydrogen) atoms. The number of nitrogens with zero attached hydrogens (tertiary/aromatic N) is 2. The standard InChI is InChI=1S/C23H26ClN5O4S2/c1-35(32,33)29-9-7-16-18(12-29)34-22(27-16)21(31)28-19-4-2-3-8-23(19,25)20(30)17-11-13-10-14(24)5-6-15(13)26-17/h5-6,10-11,19,26H,2-4,7-9,12,25H2,1H3,(H,28,31). The second kappa shape index (κ2) is 8.97. The highest BCUT2D eigenvalue weighted by Crippen LogP contribution is 2.32. The van der Waals surface area contributed by atoms with Gasteiger partial charge in [0.2, 0.25) is 15.8 Å². The molecule has 2 aromatic heterocycles. The van der Waals surface area contributed by atoms with E-state index in [2.05, 4.69) is 15.3 Å². The molecule has 5 rings (SSSR count). The normalized spacial score (nSPS) is 23.2. The Balaban J connectivity index is 1.36. The summed E-state index contributed by atoms with van der Waals surface area (Å²) >= 11 is 7.27. The van der Waals surface area contributed by atoms with Crippen LogP contribution in [0.15, 0.2) is 24.3 Å². The summed E-state index contributed by atoms with van der Waals surface area (Å²) in [5.41, 5.74) is 7.38. The maximum absolute atomic E-state index is 13.6. The van der Waals surface area contributed by atoms with Gasteiger partial charge in [0.25, 0.3) is 5.91 Å². The fraction of sp³-hybridized carbons (Fsp3) is 0.435. The Morgan fingerprint density at radius 2 is 2.11 bits per heavy atom. The summed E-state index contributed by atoms with van der Waals surface area (Å²) in [5, 5.41) is 4.61. The molecule has 3 aromatic rings. The van der Waals surface area contributed by atoms with E-state index in [1.807, 2.05) is 6.07 Å². The Hall–Kier alpha value is -2.31. The van der Waals surface area contributed by atoms with Gasteiger partial charge in [-0.15, -0.1) is 11.3 Å². The molecule has 1 saturated carbocycles. The SMILES string of the molecule is CS(=O)(=O)N1CCc2nc(C(=O)NC3CCCCC3(N)C(=O)c3cc4cc(Cl)ccc4[nH]3)sc2C1. The van der Waals surface area contributed by atoms with E-state index in [-0.39, 0.29) is 17.3 Å². The molecule has 2 atom stereocenters. The number of carbonyl (C=O) groups excluding carboxylic acids is 2. The number of amides is 1. The van der Waals surface area contributed by atoms with Crippen molar-refractivity contribution in [1.29, 1.82) is 0 Å². The number of nitrogens with one attached hydrogen (secondary N) is 2. The molecular formula is C23H26ClN5O4S2. The van der Waals surface area contributed by atoms with Crippen LogP contribution in [-0.2, 0) is 23.0 Å². The van der Waals surface area contributed by atoms with Crippen LogP contribution in [0.5, 0.6) is 0 Å². The molecule has 2 aliphatic rings. The molecule has 1 aliphatic heterocycles. The summed E-state index contributed by atoms with van der Waals surface area (Å²) < 4.78 is 25.2. The number of benzene rings is 1. The molecule has 4 N–H and O–H groups in total. The van der Waals surface area contributed by atoms with E-state index in [1.165, 1.54) is 21.9 Å². The van der Waals surface area contributed by atoms with Gasteiger partial charge in [-0.05, 0) is 37.1 Å². The van der Waals surface area contributed by atoms with Gasteiger partial charge in [0.15, 0.2) is 5.01 Å². The summed E-state index contributed by atoms with van der Waals surface area (Å²) in [7, 11) is -3.32. The van der Waals surface area contributed by atoms with E-state index >= 15 is 0 Å². The van der Waals surface area contributed by atoms with Crippen LogP contribution in [0.4, 0.5) is 0 Å². The molecule has 9 nitrogen and oxygen atoms in total. The van der Waals surface area contributed by atoms with Gasteiger partial charge in [-0.25, -0.2) is 13.4 Å². The number of hydrogen-bond acceptors (Lipinski definition) is 7. The fourth-order valence-electron chi connectivity index (χ4n) is 4.92. The molecule has 12 heteroatoms. The van der Waals surface area contributed by atoms with Crippen molar-refractivity contribution < 1.29 is 18.0 Å². The lowest BCUT2D eigenvalue weighted by Gasteiger charge is -2.39. The van der Waals surface area contributed by atoms with E-state index in [1.54, 1.807) is 18.2 Å². The number of hydrogen-bond donors (Lipinski definition) is 3. The van der Waals surface area contributed by atoms with E-state index in [0.29, 0.717) is 36.5 Å². The Morgan fingerprint density at radius 1 is 1.31 bits per heavy atom. The lowest BCUT2D eigenvalue weighted by molar-refractivity contribution is 0.0755. The predicted octanol–water partition coefficient (Wildman–Crippen LogP) is 2.85. The summed E-state index contributed by atoms with van der Waals surface area (Å²) in [4.78, 5) is 35.1. The quantitative estimate of drug-likeness (QED) is 0.429. The first kappa shape index (κ1) is 24.4. The number of aromatic amines is 1. The number of rotatable bonds is 5. The number of fused-ring (bicyclic) bond motifs is 2. The van der Waals surface area contributed by atoms with Crippen LogP contribution in [0.2, 0.25) is 5.02 Å². The summed E-state index contributed by atoms with van der Waals surface area (Å²) in [5.74, 6) is -0.648. The molecule has 0 bridgehead atoms. The molecule has 0 radical (unpaired) electrons. The highest BCUT2D eigenvalue weighted by atomic mass is 35.5. The van der Waals surface area contributed by atoms with Crippen LogP contribution >= 0.6 is 22.9 Å². The number of ketones is 1. The van der Waals surface area contributed by atoms with Crippen molar-refractivity contribution in [2.24, 2.45) is 5.73 Å². The second-order valence-corrected chi connectivity index (χ2v) is 12.8. The third kappa shape index (κ3) is 4.63. The summed E-state index contributed by atoms with van der Waals surface area (Å²) in [6, 6.07) is 6.53. The lowest BCUT2D eigenvalue weighted by atomic mass is 9.74. The van der Waals surface area contributed by atoms with Crippen molar-refractivity contribution in [3.05, 3.63) is 50.6 Å². The molecule has 1 aliphatic carbocycles. The molecule has 3 heterocycles. The Morgan fingerprint density at radius 3 is 2.89 bits per heavy atom. The summed E-state index contributed by atoms with van der Waals surface area (Å²) in [6.07, 6.45) is 4.29. The largest absolute Gasteiger partial charge is 0.352 e. The first-order valence-corrected chi connectivity index (χ1v) is 14.5. The number of carbonyl (C=O) groups is 2. The zero-order valence-electron chi connectivity index (χ0n) is 19.1. The number of sulfonamides is 1. The first-order chi connectivity index (χ1) is 16.5. The van der Waals surface area contributed by atoms with E-state index in [9.17, 15) is 18.0 Å². The number of H-pyrrole nitrogens is 1. The van der Waals surface area contributed by atoms with Gasteiger partial charge < -0.3 is 16.0 Å². The topological polar surface area (TPSA) is 138 Å². The third-order valence-electron chi connectivity index (χ3n) is 6.87. The minimum absolute atomic E-state index is 0.215. The van der Waals surface area contributed by atoms with Crippen LogP contribution in [-0.4, -0.2) is 58.8 Å². The van der Waals surface area contributed by atoms with Gasteiger partial charge in [-0.3, -0.25) is 9.59 Å². The number of Topliss-reactive ketones (excluding diaryl/α,β-unsaturated/α-hetero) is 1. The molecule has 1 fully saturated rings. The average molecular weight is 536 g/mol. The van der Waals surface area contributed by atoms with E-state index in [4.69, 9.17) is 17.3 Å². The van der Waals surface area contributed by atoms with Crippen LogP contribution in [0, 0.1) is 0 Å².